The molecule has 2 unspecified atom stereocenters. The summed E-state index contributed by atoms with van der Waals surface area (Å²) in [7, 11) is 1.54. The Hall–Kier alpha value is -4.90. The Labute approximate surface area is 332 Å². The minimum atomic E-state index is -0.586. The van der Waals surface area contributed by atoms with Crippen LogP contribution in [0.5, 0.6) is 17.2 Å². The van der Waals surface area contributed by atoms with Crippen LogP contribution in [-0.2, 0) is 20.7 Å². The third-order valence-corrected chi connectivity index (χ3v) is 14.1. The normalized spacial score (nSPS) is 31.0. The molecule has 3 heterocycles. The van der Waals surface area contributed by atoms with Crippen molar-refractivity contribution < 1.29 is 42.9 Å². The molecule has 302 valence electrons. The van der Waals surface area contributed by atoms with Crippen LogP contribution < -0.4 is 25.2 Å². The number of fused-ring (bicyclic) bond motifs is 12. The number of methoxy groups -OCH3 is 1. The van der Waals surface area contributed by atoms with E-state index in [1.807, 2.05) is 43.3 Å². The predicted octanol–water partition coefficient (Wildman–Crippen LogP) is 8.20. The number of anilines is 1. The second-order valence-electron chi connectivity index (χ2n) is 17.1. The molecule has 0 radical (unpaired) electrons. The van der Waals surface area contributed by atoms with E-state index in [-0.39, 0.29) is 40.1 Å². The number of hydrogen-bond donors (Lipinski definition) is 2. The molecule has 11 heteroatoms. The van der Waals surface area contributed by atoms with Crippen molar-refractivity contribution in [2.24, 2.45) is 28.6 Å². The lowest BCUT2D eigenvalue weighted by atomic mass is 9.47. The minimum Gasteiger partial charge on any atom is -0.496 e. The van der Waals surface area contributed by atoms with E-state index in [0.717, 1.165) is 54.5 Å². The summed E-state index contributed by atoms with van der Waals surface area (Å²) in [5.74, 6) is 4.15. The van der Waals surface area contributed by atoms with E-state index >= 15 is 0 Å². The second-order valence-corrected chi connectivity index (χ2v) is 17.1. The quantitative estimate of drug-likeness (QED) is 0.248. The summed E-state index contributed by atoms with van der Waals surface area (Å²) in [5.41, 5.74) is 4.17. The number of allylic oxidation sites excluding steroid dienone is 1. The summed E-state index contributed by atoms with van der Waals surface area (Å²) in [6.07, 6.45) is 14.6. The Morgan fingerprint density at radius 2 is 1.77 bits per heavy atom. The largest absolute Gasteiger partial charge is 0.496 e. The first kappa shape index (κ1) is 38.9. The van der Waals surface area contributed by atoms with Gasteiger partial charge in [-0.15, -0.1) is 0 Å². The van der Waals surface area contributed by atoms with Crippen LogP contribution in [0.15, 0.2) is 63.5 Å². The lowest BCUT2D eigenvalue weighted by Crippen LogP contribution is -2.51. The first-order valence-electron chi connectivity index (χ1n) is 20.5. The second kappa shape index (κ2) is 15.1. The first-order valence-corrected chi connectivity index (χ1v) is 20.5. The van der Waals surface area contributed by atoms with Crippen LogP contribution in [0.4, 0.5) is 5.69 Å². The third kappa shape index (κ3) is 6.75. The molecular formula is C46H53NO10. The average Bonchev–Trinajstić information content (AvgIpc) is 3.96. The molecule has 2 N–H and O–H groups in total. The van der Waals surface area contributed by atoms with E-state index in [0.29, 0.717) is 59.2 Å². The van der Waals surface area contributed by atoms with Gasteiger partial charge in [0.2, 0.25) is 5.91 Å². The van der Waals surface area contributed by atoms with Crippen LogP contribution >= 0.6 is 0 Å². The van der Waals surface area contributed by atoms with Gasteiger partial charge in [0.25, 0.3) is 6.29 Å². The van der Waals surface area contributed by atoms with Crippen molar-refractivity contribution in [2.75, 3.05) is 19.0 Å². The van der Waals surface area contributed by atoms with Gasteiger partial charge in [-0.1, -0.05) is 19.4 Å². The van der Waals surface area contributed by atoms with Gasteiger partial charge in [0.1, 0.15) is 28.4 Å². The number of amides is 1. The number of nitrogens with one attached hydrogen (secondary N) is 1. The molecule has 11 nitrogen and oxygen atoms in total. The molecule has 10 rings (SSSR count). The van der Waals surface area contributed by atoms with E-state index < -0.39 is 11.9 Å². The topological polar surface area (TPSA) is 151 Å². The van der Waals surface area contributed by atoms with E-state index in [1.165, 1.54) is 38.2 Å². The number of carbonyl (C=O) groups is 3. The summed E-state index contributed by atoms with van der Waals surface area (Å²) in [4.78, 5) is 46.8. The van der Waals surface area contributed by atoms with Gasteiger partial charge in [0.15, 0.2) is 11.6 Å². The van der Waals surface area contributed by atoms with Crippen LogP contribution in [0.2, 0.25) is 0 Å². The highest BCUT2D eigenvalue weighted by molar-refractivity contribution is 6.06. The Balaban J connectivity index is 0.000000125. The number of aryl methyl sites for hydroxylation is 1. The summed E-state index contributed by atoms with van der Waals surface area (Å²) in [6.45, 7) is 8.83. The molecule has 1 aromatic heterocycles. The molecule has 3 aromatic rings. The molecule has 57 heavy (non-hydrogen) atoms. The molecule has 0 spiro atoms. The van der Waals surface area contributed by atoms with Crippen molar-refractivity contribution in [3.05, 3.63) is 81.4 Å². The fraction of sp³-hybridized carbons (Fsp3) is 0.522. The molecule has 8 atom stereocenters. The lowest BCUT2D eigenvalue weighted by Gasteiger charge is -2.57. The van der Waals surface area contributed by atoms with Gasteiger partial charge in [-0.3, -0.25) is 14.4 Å². The van der Waals surface area contributed by atoms with Gasteiger partial charge in [0.05, 0.1) is 43.0 Å². The molecule has 0 bridgehead atoms. The molecule has 2 aliphatic heterocycles. The van der Waals surface area contributed by atoms with Crippen LogP contribution in [-0.4, -0.2) is 48.7 Å². The van der Waals surface area contributed by atoms with E-state index in [2.05, 4.69) is 19.2 Å². The van der Waals surface area contributed by atoms with Crippen molar-refractivity contribution >= 4 is 34.1 Å². The number of ketones is 2. The number of ether oxygens (including phenoxy) is 4. The molecule has 2 aromatic carbocycles. The highest BCUT2D eigenvalue weighted by Crippen LogP contribution is 2.65. The van der Waals surface area contributed by atoms with Crippen molar-refractivity contribution in [2.45, 2.75) is 110 Å². The molecule has 7 aliphatic rings. The fourth-order valence-corrected chi connectivity index (χ4v) is 11.3. The first-order chi connectivity index (χ1) is 27.4. The Bertz CT molecular complexity index is 2220. The van der Waals surface area contributed by atoms with Crippen molar-refractivity contribution in [3.63, 3.8) is 0 Å². The highest BCUT2D eigenvalue weighted by atomic mass is 16.7. The Morgan fingerprint density at radius 1 is 0.982 bits per heavy atom. The van der Waals surface area contributed by atoms with Crippen LogP contribution in [0.25, 0.3) is 11.0 Å². The Morgan fingerprint density at radius 3 is 2.51 bits per heavy atom. The van der Waals surface area contributed by atoms with Crippen molar-refractivity contribution in [1.29, 1.82) is 0 Å². The SMILES string of the molecule is CCOc1ccc(NC(C)=O)cc1.COc1cc2c(c3oc(=O)c4c(c13)CCC4=O)C1C=COC1O2.C[C@]12CC[C@H]3[C@@H](CCC4=CC(=O)CC[C@@]43C)[C@@H]1CC[C@@H]2O. The summed E-state index contributed by atoms with van der Waals surface area (Å²) >= 11 is 0. The zero-order chi connectivity index (χ0) is 40.2. The number of benzene rings is 2. The molecule has 3 saturated carbocycles. The number of rotatable bonds is 4. The van der Waals surface area contributed by atoms with Gasteiger partial charge < -0.3 is 33.8 Å². The van der Waals surface area contributed by atoms with Crippen LogP contribution in [0.3, 0.4) is 0 Å². The lowest BCUT2D eigenvalue weighted by molar-refractivity contribution is -0.118. The fourth-order valence-electron chi connectivity index (χ4n) is 11.3. The maximum atomic E-state index is 12.3. The molecule has 3 fully saturated rings. The van der Waals surface area contributed by atoms with Crippen molar-refractivity contribution in [1.82, 2.24) is 0 Å². The molecule has 1 amide bonds. The van der Waals surface area contributed by atoms with Gasteiger partial charge >= 0.3 is 5.63 Å². The number of aliphatic hydroxyl groups is 1. The molecular weight excluding hydrogens is 727 g/mol. The van der Waals surface area contributed by atoms with Gasteiger partial charge in [-0.2, -0.15) is 0 Å². The third-order valence-electron chi connectivity index (χ3n) is 14.1. The summed E-state index contributed by atoms with van der Waals surface area (Å²) < 4.78 is 27.4. The van der Waals surface area contributed by atoms with E-state index in [9.17, 15) is 24.3 Å². The average molecular weight is 780 g/mol. The highest BCUT2D eigenvalue weighted by Gasteiger charge is 2.58. The number of Topliss-reactive ketones (excluding diaryl/α,β-unsaturated/α-hetero) is 1. The maximum absolute atomic E-state index is 12.3. The smallest absolute Gasteiger partial charge is 0.347 e. The number of hydrogen-bond acceptors (Lipinski definition) is 10. The molecule has 0 saturated heterocycles. The van der Waals surface area contributed by atoms with Crippen LogP contribution in [0.1, 0.15) is 113 Å². The van der Waals surface area contributed by atoms with Crippen LogP contribution in [0, 0.1) is 28.6 Å². The zero-order valence-corrected chi connectivity index (χ0v) is 33.5. The number of carbonyl (C=O) groups excluding carboxylic acids is 3. The predicted molar refractivity (Wildman–Crippen MR) is 214 cm³/mol. The summed E-state index contributed by atoms with van der Waals surface area (Å²) in [6, 6.07) is 9.05. The number of aliphatic hydroxyl groups excluding tert-OH is 1. The summed E-state index contributed by atoms with van der Waals surface area (Å²) in [5, 5.41) is 13.8. The van der Waals surface area contributed by atoms with Gasteiger partial charge in [-0.25, -0.2) is 4.79 Å². The standard InChI is InChI=1S/C19H28O2.C17H12O6.C10H13NO2/c1-18-9-7-13(20)11-12(18)3-4-14-15-5-6-17(21)19(15,2)10-8-16(14)18;1-20-10-6-11-14(8-4-5-21-17(8)22-11)15-13(10)7-2-3-9(18)12(7)16(19)23-15;1-3-13-10-6-4-9(5-7-10)11-8(2)12/h11,14-17,21H,3-10H2,1-2H3;4-6,8,17H,2-3H2,1H3;4-7H,3H2,1-2H3,(H,11,12)/t14-,15-,16-,17-,18-,19-;;/m0../s1. The van der Waals surface area contributed by atoms with Gasteiger partial charge in [0, 0.05) is 31.5 Å². The monoisotopic (exact) mass is 779 g/mol. The zero-order valence-electron chi connectivity index (χ0n) is 33.5. The van der Waals surface area contributed by atoms with Gasteiger partial charge in [-0.05, 0) is 129 Å². The maximum Gasteiger partial charge on any atom is 0.347 e. The molecule has 5 aliphatic carbocycles. The Kier molecular flexibility index (Phi) is 10.3. The van der Waals surface area contributed by atoms with E-state index in [4.69, 9.17) is 23.4 Å². The van der Waals surface area contributed by atoms with E-state index in [1.54, 1.807) is 19.4 Å². The van der Waals surface area contributed by atoms with Crippen molar-refractivity contribution in [3.8, 4) is 17.2 Å². The minimum absolute atomic E-state index is 0.0656.